The molecule has 44 heavy (non-hydrogen) atoms. The van der Waals surface area contributed by atoms with Gasteiger partial charge in [0.15, 0.2) is 0 Å². The maximum Gasteiger partial charge on any atom is 0.326 e. The number of H-pyrrole nitrogens is 1. The molecule has 0 fully saturated rings. The summed E-state index contributed by atoms with van der Waals surface area (Å²) in [6.07, 6.45) is 0.177. The number of carbonyl (C=O) groups excluding carboxylic acids is 4. The number of fused-ring (bicyclic) bond motifs is 1. The highest BCUT2D eigenvalue weighted by Gasteiger charge is 2.32. The summed E-state index contributed by atoms with van der Waals surface area (Å²) in [6, 6.07) is 7.00. The van der Waals surface area contributed by atoms with Crippen LogP contribution in [0.2, 0.25) is 0 Å². The van der Waals surface area contributed by atoms with Gasteiger partial charge in [0.1, 0.15) is 23.9 Å². The molecule has 1 heterocycles. The number of para-hydroxylation sites is 1. The third-order valence-electron chi connectivity index (χ3n) is 6.77. The summed E-state index contributed by atoms with van der Waals surface area (Å²) in [4.78, 5) is 77.1. The van der Waals surface area contributed by atoms with Gasteiger partial charge in [0, 0.05) is 36.4 Å². The molecular formula is C29H34N6O9. The van der Waals surface area contributed by atoms with Crippen molar-refractivity contribution >= 4 is 46.5 Å². The molecule has 15 heteroatoms. The summed E-state index contributed by atoms with van der Waals surface area (Å²) in [5.41, 5.74) is 12.8. The molecule has 4 amide bonds. The molecule has 0 spiro atoms. The lowest BCUT2D eigenvalue weighted by molar-refractivity contribution is -0.143. The Hall–Kier alpha value is -5.44. The predicted molar refractivity (Wildman–Crippen MR) is 156 cm³/mol. The van der Waals surface area contributed by atoms with Crippen LogP contribution >= 0.6 is 0 Å². The number of carbonyl (C=O) groups is 6. The molecule has 234 valence electrons. The number of aromatic hydroxyl groups is 1. The van der Waals surface area contributed by atoms with Crippen LogP contribution < -0.4 is 27.4 Å². The number of phenolic OH excluding ortho intramolecular Hbond substituents is 1. The summed E-state index contributed by atoms with van der Waals surface area (Å²) in [5.74, 6) is -6.39. The number of amides is 4. The van der Waals surface area contributed by atoms with E-state index in [1.54, 1.807) is 30.5 Å². The highest BCUT2D eigenvalue weighted by atomic mass is 16.4. The Labute approximate surface area is 251 Å². The number of aromatic nitrogens is 1. The van der Waals surface area contributed by atoms with Crippen molar-refractivity contribution in [2.45, 2.75) is 56.3 Å². The SMILES string of the molecule is NC(=O)CCC(N)C(=O)NC(Cc1c[nH]c2ccccc12)C(=O)NC(CC(=O)O)C(=O)NC(Cc1ccc(O)cc1)C(=O)O. The molecular weight excluding hydrogens is 576 g/mol. The van der Waals surface area contributed by atoms with Crippen molar-refractivity contribution in [1.29, 1.82) is 0 Å². The van der Waals surface area contributed by atoms with E-state index in [0.717, 1.165) is 10.9 Å². The van der Waals surface area contributed by atoms with E-state index in [9.17, 15) is 44.1 Å². The zero-order valence-electron chi connectivity index (χ0n) is 23.5. The lowest BCUT2D eigenvalue weighted by Gasteiger charge is -2.24. The Morgan fingerprint density at radius 2 is 1.41 bits per heavy atom. The number of benzene rings is 2. The second kappa shape index (κ2) is 15.2. The van der Waals surface area contributed by atoms with E-state index < -0.39 is 66.2 Å². The van der Waals surface area contributed by atoms with Gasteiger partial charge in [0.2, 0.25) is 23.6 Å². The van der Waals surface area contributed by atoms with Gasteiger partial charge in [-0.05, 0) is 35.7 Å². The fraction of sp³-hybridized carbons (Fsp3) is 0.310. The van der Waals surface area contributed by atoms with Crippen LogP contribution in [0.3, 0.4) is 0 Å². The Bertz CT molecular complexity index is 1520. The van der Waals surface area contributed by atoms with E-state index in [1.807, 2.05) is 0 Å². The summed E-state index contributed by atoms with van der Waals surface area (Å²) in [7, 11) is 0. The molecule has 0 aliphatic carbocycles. The van der Waals surface area contributed by atoms with Gasteiger partial charge in [0.25, 0.3) is 0 Å². The molecule has 0 aliphatic heterocycles. The van der Waals surface area contributed by atoms with Crippen molar-refractivity contribution in [3.05, 3.63) is 65.9 Å². The average Bonchev–Trinajstić information content (AvgIpc) is 3.38. The number of nitrogens with one attached hydrogen (secondary N) is 4. The van der Waals surface area contributed by atoms with Crippen molar-refractivity contribution in [3.8, 4) is 5.75 Å². The predicted octanol–water partition coefficient (Wildman–Crippen LogP) is -0.735. The molecule has 3 rings (SSSR count). The first-order valence-corrected chi connectivity index (χ1v) is 13.6. The van der Waals surface area contributed by atoms with Crippen LogP contribution in [-0.4, -0.2) is 80.0 Å². The number of aromatic amines is 1. The molecule has 2 aromatic carbocycles. The number of carboxylic acids is 2. The van der Waals surface area contributed by atoms with Gasteiger partial charge in [-0.3, -0.25) is 24.0 Å². The van der Waals surface area contributed by atoms with Gasteiger partial charge in [-0.15, -0.1) is 0 Å². The number of hydrogen-bond acceptors (Lipinski definition) is 8. The summed E-state index contributed by atoms with van der Waals surface area (Å²) >= 11 is 0. The topological polar surface area (TPSA) is 267 Å². The Balaban J connectivity index is 1.82. The Morgan fingerprint density at radius 3 is 2.05 bits per heavy atom. The third-order valence-corrected chi connectivity index (χ3v) is 6.77. The van der Waals surface area contributed by atoms with Crippen molar-refractivity contribution in [3.63, 3.8) is 0 Å². The van der Waals surface area contributed by atoms with E-state index in [1.165, 1.54) is 24.3 Å². The molecule has 4 unspecified atom stereocenters. The van der Waals surface area contributed by atoms with Crippen LogP contribution in [0, 0.1) is 0 Å². The molecule has 4 atom stereocenters. The molecule has 0 saturated carbocycles. The maximum absolute atomic E-state index is 13.5. The first-order valence-electron chi connectivity index (χ1n) is 13.6. The lowest BCUT2D eigenvalue weighted by atomic mass is 10.0. The Kier molecular flexibility index (Phi) is 11.4. The van der Waals surface area contributed by atoms with Crippen molar-refractivity contribution in [2.24, 2.45) is 11.5 Å². The first-order chi connectivity index (χ1) is 20.8. The highest BCUT2D eigenvalue weighted by Crippen LogP contribution is 2.19. The molecule has 3 aromatic rings. The maximum atomic E-state index is 13.5. The van der Waals surface area contributed by atoms with Crippen molar-refractivity contribution in [2.75, 3.05) is 0 Å². The van der Waals surface area contributed by atoms with E-state index in [0.29, 0.717) is 11.1 Å². The monoisotopic (exact) mass is 610 g/mol. The number of nitrogens with two attached hydrogens (primary N) is 2. The lowest BCUT2D eigenvalue weighted by Crippen LogP contribution is -2.58. The third kappa shape index (κ3) is 9.55. The van der Waals surface area contributed by atoms with Crippen LogP contribution in [-0.2, 0) is 41.6 Å². The number of aliphatic carboxylic acids is 2. The van der Waals surface area contributed by atoms with E-state index in [-0.39, 0.29) is 31.4 Å². The molecule has 0 radical (unpaired) electrons. The van der Waals surface area contributed by atoms with Crippen LogP contribution in [0.25, 0.3) is 10.9 Å². The van der Waals surface area contributed by atoms with Crippen LogP contribution in [0.5, 0.6) is 5.75 Å². The fourth-order valence-electron chi connectivity index (χ4n) is 4.43. The number of phenols is 1. The second-order valence-corrected chi connectivity index (χ2v) is 10.2. The molecule has 11 N–H and O–H groups in total. The van der Waals surface area contributed by atoms with Crippen LogP contribution in [0.4, 0.5) is 0 Å². The molecule has 1 aromatic heterocycles. The molecule has 0 saturated heterocycles. The largest absolute Gasteiger partial charge is 0.508 e. The van der Waals surface area contributed by atoms with Crippen LogP contribution in [0.15, 0.2) is 54.7 Å². The minimum Gasteiger partial charge on any atom is -0.508 e. The first kappa shape index (κ1) is 33.1. The smallest absolute Gasteiger partial charge is 0.326 e. The van der Waals surface area contributed by atoms with Gasteiger partial charge < -0.3 is 47.7 Å². The molecule has 15 nitrogen and oxygen atoms in total. The van der Waals surface area contributed by atoms with Gasteiger partial charge in [-0.2, -0.15) is 0 Å². The highest BCUT2D eigenvalue weighted by molar-refractivity contribution is 5.96. The Morgan fingerprint density at radius 1 is 0.795 bits per heavy atom. The van der Waals surface area contributed by atoms with E-state index in [4.69, 9.17) is 11.5 Å². The van der Waals surface area contributed by atoms with E-state index in [2.05, 4.69) is 20.9 Å². The zero-order chi connectivity index (χ0) is 32.4. The van der Waals surface area contributed by atoms with Gasteiger partial charge in [-0.25, -0.2) is 4.79 Å². The van der Waals surface area contributed by atoms with Gasteiger partial charge in [0.05, 0.1) is 12.5 Å². The number of rotatable bonds is 16. The van der Waals surface area contributed by atoms with Crippen LogP contribution in [0.1, 0.15) is 30.4 Å². The quantitative estimate of drug-likeness (QED) is 0.0980. The normalized spacial score (nSPS) is 13.7. The van der Waals surface area contributed by atoms with E-state index >= 15 is 0 Å². The van der Waals surface area contributed by atoms with Crippen molar-refractivity contribution in [1.82, 2.24) is 20.9 Å². The zero-order valence-corrected chi connectivity index (χ0v) is 23.5. The minimum atomic E-state index is -1.72. The summed E-state index contributed by atoms with van der Waals surface area (Å²) in [5, 5.41) is 36.4. The average molecular weight is 611 g/mol. The molecule has 0 aliphatic rings. The fourth-order valence-corrected chi connectivity index (χ4v) is 4.43. The summed E-state index contributed by atoms with van der Waals surface area (Å²) in [6.45, 7) is 0. The second-order valence-electron chi connectivity index (χ2n) is 10.2. The summed E-state index contributed by atoms with van der Waals surface area (Å²) < 4.78 is 0. The molecule has 0 bridgehead atoms. The minimum absolute atomic E-state index is 0.0444. The van der Waals surface area contributed by atoms with Crippen molar-refractivity contribution < 1.29 is 44.1 Å². The van der Waals surface area contributed by atoms with Gasteiger partial charge in [-0.1, -0.05) is 30.3 Å². The number of carboxylic acid groups (broad SMARTS) is 2. The number of primary amides is 1. The van der Waals surface area contributed by atoms with Gasteiger partial charge >= 0.3 is 11.9 Å². The standard InChI is InChI=1S/C29H34N6O9/c30-19(9-10-24(31)37)26(40)33-21(12-16-14-32-20-4-2-1-3-18(16)20)27(41)34-22(13-25(38)39)28(42)35-23(29(43)44)11-15-5-7-17(36)8-6-15/h1-8,14,19,21-23,32,36H,9-13,30H2,(H2,31,37)(H,33,40)(H,34,41)(H,35,42)(H,38,39)(H,43,44). The number of hydrogen-bond donors (Lipinski definition) is 9.